The molecule has 0 amide bonds. The van der Waals surface area contributed by atoms with Gasteiger partial charge in [-0.25, -0.2) is 4.98 Å². The highest BCUT2D eigenvalue weighted by Gasteiger charge is 2.22. The smallest absolute Gasteiger partial charge is 0.138 e. The lowest BCUT2D eigenvalue weighted by atomic mass is 10.1. The third-order valence-electron chi connectivity index (χ3n) is 9.44. The second kappa shape index (κ2) is 10.1. The molecule has 47 heavy (non-hydrogen) atoms. The van der Waals surface area contributed by atoms with Gasteiger partial charge in [0.2, 0.25) is 0 Å². The predicted octanol–water partition coefficient (Wildman–Crippen LogP) is 10.9. The molecule has 4 nitrogen and oxygen atoms in total. The monoisotopic (exact) mass is 600 g/mol. The molecule has 4 heteroatoms. The van der Waals surface area contributed by atoms with Gasteiger partial charge in [0.1, 0.15) is 5.65 Å². The Morgan fingerprint density at radius 3 is 1.51 bits per heavy atom. The molecule has 0 unspecified atom stereocenters. The average molecular weight is 601 g/mol. The number of fused-ring (bicyclic) bond motifs is 8. The molecule has 0 atom stereocenters. The molecule has 10 rings (SSSR count). The summed E-state index contributed by atoms with van der Waals surface area (Å²) in [7, 11) is 0. The summed E-state index contributed by atoms with van der Waals surface area (Å²) >= 11 is 0. The number of benzene rings is 6. The fraction of sp³-hybridized carbons (Fsp3) is 0. The van der Waals surface area contributed by atoms with Crippen molar-refractivity contribution in [3.05, 3.63) is 170 Å². The Morgan fingerprint density at radius 2 is 0.894 bits per heavy atom. The van der Waals surface area contributed by atoms with Gasteiger partial charge < -0.3 is 9.13 Å². The normalized spacial score (nSPS) is 11.8. The summed E-state index contributed by atoms with van der Waals surface area (Å²) in [5.74, 6) is 0. The van der Waals surface area contributed by atoms with E-state index in [1.165, 1.54) is 43.6 Å². The van der Waals surface area contributed by atoms with Gasteiger partial charge in [0.05, 0.1) is 39.1 Å². The number of imidazole rings is 1. The van der Waals surface area contributed by atoms with E-state index in [1.807, 2.05) is 0 Å². The first kappa shape index (κ1) is 25.9. The van der Waals surface area contributed by atoms with Crippen LogP contribution in [0, 0.1) is 0 Å². The third kappa shape index (κ3) is 3.79. The van der Waals surface area contributed by atoms with Crippen molar-refractivity contribution in [1.82, 2.24) is 18.5 Å². The van der Waals surface area contributed by atoms with E-state index in [0.717, 1.165) is 39.5 Å². The van der Waals surface area contributed by atoms with E-state index in [9.17, 15) is 0 Å². The maximum absolute atomic E-state index is 5.19. The van der Waals surface area contributed by atoms with Gasteiger partial charge in [0.15, 0.2) is 0 Å². The van der Waals surface area contributed by atoms with E-state index in [0.29, 0.717) is 0 Å². The Balaban J connectivity index is 1.36. The highest BCUT2D eigenvalue weighted by Crippen LogP contribution is 2.42. The number of hydrogen-bond donors (Lipinski definition) is 0. The number of hydrogen-bond acceptors (Lipinski definition) is 1. The van der Waals surface area contributed by atoms with Crippen molar-refractivity contribution < 1.29 is 0 Å². The molecule has 0 aliphatic carbocycles. The van der Waals surface area contributed by atoms with Crippen LogP contribution in [-0.2, 0) is 0 Å². The highest BCUT2D eigenvalue weighted by atomic mass is 15.1. The van der Waals surface area contributed by atoms with Crippen LogP contribution in [0.25, 0.3) is 83.1 Å². The number of para-hydroxylation sites is 3. The zero-order valence-electron chi connectivity index (χ0n) is 25.5. The second-order valence-electron chi connectivity index (χ2n) is 12.1. The fourth-order valence-electron chi connectivity index (χ4n) is 7.45. The number of aromatic nitrogens is 4. The minimum atomic E-state index is 0.913. The topological polar surface area (TPSA) is 27.2 Å². The van der Waals surface area contributed by atoms with Crippen LogP contribution >= 0.6 is 0 Å². The molecule has 0 aliphatic heterocycles. The first-order valence-electron chi connectivity index (χ1n) is 16.0. The van der Waals surface area contributed by atoms with Crippen LogP contribution in [0.2, 0.25) is 0 Å². The van der Waals surface area contributed by atoms with Crippen molar-refractivity contribution in [2.24, 2.45) is 0 Å². The van der Waals surface area contributed by atoms with E-state index in [4.69, 9.17) is 4.98 Å². The van der Waals surface area contributed by atoms with Crippen LogP contribution in [0.3, 0.4) is 0 Å². The van der Waals surface area contributed by atoms with Crippen LogP contribution < -0.4 is 0 Å². The van der Waals surface area contributed by atoms with Crippen LogP contribution in [0.15, 0.2) is 170 Å². The Bertz CT molecular complexity index is 2770. The summed E-state index contributed by atoms with van der Waals surface area (Å²) in [4.78, 5) is 5.19. The molecule has 0 saturated carbocycles. The van der Waals surface area contributed by atoms with Crippen molar-refractivity contribution in [3.63, 3.8) is 0 Å². The lowest BCUT2D eigenvalue weighted by Crippen LogP contribution is -2.00. The largest absolute Gasteiger partial charge is 0.307 e. The Labute approximate surface area is 271 Å². The summed E-state index contributed by atoms with van der Waals surface area (Å²) in [6, 6.07) is 58.3. The predicted molar refractivity (Wildman–Crippen MR) is 195 cm³/mol. The summed E-state index contributed by atoms with van der Waals surface area (Å²) in [5, 5.41) is 4.94. The minimum Gasteiger partial charge on any atom is -0.307 e. The molecule has 4 aromatic heterocycles. The Morgan fingerprint density at radius 1 is 0.383 bits per heavy atom. The molecule has 0 N–H and O–H groups in total. The summed E-state index contributed by atoms with van der Waals surface area (Å²) in [6.45, 7) is 0. The minimum absolute atomic E-state index is 0.913. The Hall–Kier alpha value is -6.39. The molecule has 6 aromatic carbocycles. The standard InChI is InChI=1S/C43H28N4/c1-4-14-29(15-5-1)40-41(30-16-6-2-7-17-30)45-28-32(24-27-39(45)44-40)47-38-23-13-11-21-34(38)36-26-25-35-33-20-10-12-22-37(33)46(42(35)43(36)47)31-18-8-3-9-19-31/h1-28H. The van der Waals surface area contributed by atoms with Crippen molar-refractivity contribution in [2.45, 2.75) is 0 Å². The van der Waals surface area contributed by atoms with Gasteiger partial charge in [0.25, 0.3) is 0 Å². The number of pyridine rings is 1. The molecule has 220 valence electrons. The van der Waals surface area contributed by atoms with E-state index in [-0.39, 0.29) is 0 Å². The molecule has 0 saturated heterocycles. The van der Waals surface area contributed by atoms with Gasteiger partial charge in [-0.1, -0.05) is 127 Å². The van der Waals surface area contributed by atoms with Gasteiger partial charge in [-0.15, -0.1) is 0 Å². The van der Waals surface area contributed by atoms with E-state index >= 15 is 0 Å². The quantitative estimate of drug-likeness (QED) is 0.197. The van der Waals surface area contributed by atoms with Crippen molar-refractivity contribution in [3.8, 4) is 33.9 Å². The summed E-state index contributed by atoms with van der Waals surface area (Å²) < 4.78 is 7.14. The SMILES string of the molecule is c1ccc(-c2nc3ccc(-n4c5ccccc5c5ccc6c7ccccc7n(-c7ccccc7)c6c54)cn3c2-c2ccccc2)cc1. The van der Waals surface area contributed by atoms with Crippen molar-refractivity contribution >= 4 is 49.3 Å². The highest BCUT2D eigenvalue weighted by molar-refractivity contribution is 6.23. The number of nitrogens with zero attached hydrogens (tertiary/aromatic N) is 4. The summed E-state index contributed by atoms with van der Waals surface area (Å²) in [6.07, 6.45) is 2.26. The number of rotatable bonds is 4. The molecule has 0 radical (unpaired) electrons. The maximum Gasteiger partial charge on any atom is 0.138 e. The Kier molecular flexibility index (Phi) is 5.54. The zero-order valence-corrected chi connectivity index (χ0v) is 25.5. The average Bonchev–Trinajstić information content (AvgIpc) is 3.80. The van der Waals surface area contributed by atoms with Gasteiger partial charge >= 0.3 is 0 Å². The van der Waals surface area contributed by atoms with Crippen LogP contribution in [0.5, 0.6) is 0 Å². The van der Waals surface area contributed by atoms with Gasteiger partial charge in [-0.05, 0) is 36.4 Å². The first-order chi connectivity index (χ1) is 23.3. The molecule has 0 aliphatic rings. The molecule has 10 aromatic rings. The van der Waals surface area contributed by atoms with Gasteiger partial charge in [0, 0.05) is 44.6 Å². The molecule has 4 heterocycles. The van der Waals surface area contributed by atoms with Crippen molar-refractivity contribution in [2.75, 3.05) is 0 Å². The molecular formula is C43H28N4. The van der Waals surface area contributed by atoms with Gasteiger partial charge in [-0.2, -0.15) is 0 Å². The zero-order chi connectivity index (χ0) is 30.9. The fourth-order valence-corrected chi connectivity index (χ4v) is 7.45. The van der Waals surface area contributed by atoms with Crippen LogP contribution in [0.1, 0.15) is 0 Å². The third-order valence-corrected chi connectivity index (χ3v) is 9.44. The van der Waals surface area contributed by atoms with Crippen LogP contribution in [-0.4, -0.2) is 18.5 Å². The molecule has 0 bridgehead atoms. The maximum atomic E-state index is 5.19. The van der Waals surface area contributed by atoms with Gasteiger partial charge in [-0.3, -0.25) is 4.40 Å². The lowest BCUT2D eigenvalue weighted by Gasteiger charge is -2.13. The second-order valence-corrected chi connectivity index (χ2v) is 12.1. The van der Waals surface area contributed by atoms with E-state index in [2.05, 4.69) is 184 Å². The first-order valence-corrected chi connectivity index (χ1v) is 16.0. The molecular weight excluding hydrogens is 573 g/mol. The van der Waals surface area contributed by atoms with Crippen LogP contribution in [0.4, 0.5) is 0 Å². The molecule has 0 fully saturated rings. The lowest BCUT2D eigenvalue weighted by molar-refractivity contribution is 1.10. The summed E-state index contributed by atoms with van der Waals surface area (Å²) in [5.41, 5.74) is 12.2. The van der Waals surface area contributed by atoms with E-state index in [1.54, 1.807) is 0 Å². The van der Waals surface area contributed by atoms with E-state index < -0.39 is 0 Å². The van der Waals surface area contributed by atoms with Crippen molar-refractivity contribution in [1.29, 1.82) is 0 Å². The molecule has 0 spiro atoms.